The molecule has 3 nitrogen and oxygen atoms in total. The third-order valence-electron chi connectivity index (χ3n) is 10.2. The van der Waals surface area contributed by atoms with Crippen LogP contribution in [0.5, 0.6) is 5.75 Å². The molecule has 48 heavy (non-hydrogen) atoms. The third-order valence-corrected chi connectivity index (χ3v) is 15.6. The van der Waals surface area contributed by atoms with Gasteiger partial charge in [-0.1, -0.05) is 144 Å². The molecule has 2 aliphatic rings. The monoisotopic (exact) mass is 679 g/mol. The number of hydrogen-bond acceptors (Lipinski definition) is 2. The van der Waals surface area contributed by atoms with Crippen molar-refractivity contribution in [1.82, 2.24) is 4.31 Å². The van der Waals surface area contributed by atoms with Gasteiger partial charge in [-0.2, -0.15) is 0 Å². The second kappa shape index (κ2) is 16.3. The molecule has 254 valence electrons. The molecular formula is C43H54NO2PS. The van der Waals surface area contributed by atoms with Crippen molar-refractivity contribution in [3.63, 3.8) is 0 Å². The molecule has 0 heterocycles. The van der Waals surface area contributed by atoms with Gasteiger partial charge in [0.25, 0.3) is 0 Å². The van der Waals surface area contributed by atoms with Crippen LogP contribution in [0.4, 0.5) is 0 Å². The van der Waals surface area contributed by atoms with Gasteiger partial charge in [0.05, 0.1) is 10.8 Å². The van der Waals surface area contributed by atoms with Crippen LogP contribution in [0.1, 0.15) is 108 Å². The predicted molar refractivity (Wildman–Crippen MR) is 207 cm³/mol. The number of nitrogens with zero attached hydrogens (tertiary/aromatic N) is 1. The van der Waals surface area contributed by atoms with E-state index >= 15 is 0 Å². The summed E-state index contributed by atoms with van der Waals surface area (Å²) >= 11 is 0. The molecule has 2 saturated carbocycles. The smallest absolute Gasteiger partial charge is 0.127 e. The topological polar surface area (TPSA) is 29.5 Å². The fourth-order valence-electron chi connectivity index (χ4n) is 7.87. The van der Waals surface area contributed by atoms with Gasteiger partial charge in [-0.25, -0.2) is 8.51 Å². The molecule has 5 heteroatoms. The Hall–Kier alpha value is -2.78. The van der Waals surface area contributed by atoms with E-state index in [0.29, 0.717) is 17.9 Å². The number of ether oxygens (including phenoxy) is 1. The quantitative estimate of drug-likeness (QED) is 0.148. The summed E-state index contributed by atoms with van der Waals surface area (Å²) in [4.78, 5) is 0. The number of rotatable bonds is 11. The third kappa shape index (κ3) is 8.32. The van der Waals surface area contributed by atoms with Crippen LogP contribution >= 0.6 is 7.92 Å². The van der Waals surface area contributed by atoms with Crippen LogP contribution in [0.15, 0.2) is 103 Å². The first-order valence-corrected chi connectivity index (χ1v) is 20.8. The minimum Gasteiger partial charge on any atom is -0.488 e. The van der Waals surface area contributed by atoms with E-state index in [1.54, 1.807) is 0 Å². The summed E-state index contributed by atoms with van der Waals surface area (Å²) in [7, 11) is 0.344. The minimum absolute atomic E-state index is 0.165. The average molecular weight is 680 g/mol. The maximum Gasteiger partial charge on any atom is 0.127 e. The van der Waals surface area contributed by atoms with E-state index in [1.165, 1.54) is 97.3 Å². The molecule has 6 rings (SSSR count). The molecule has 0 saturated heterocycles. The Labute approximate surface area is 293 Å². The van der Waals surface area contributed by atoms with Crippen LogP contribution in [0.3, 0.4) is 0 Å². The summed E-state index contributed by atoms with van der Waals surface area (Å²) < 4.78 is 23.0. The van der Waals surface area contributed by atoms with Crippen molar-refractivity contribution in [2.75, 3.05) is 7.05 Å². The van der Waals surface area contributed by atoms with Crippen molar-refractivity contribution in [3.05, 3.63) is 120 Å². The molecule has 1 unspecified atom stereocenters. The molecule has 0 N–H and O–H groups in total. The fraction of sp³-hybridized carbons (Fsp3) is 0.442. The Bertz CT molecular complexity index is 1590. The zero-order valence-electron chi connectivity index (χ0n) is 29.4. The van der Waals surface area contributed by atoms with Crippen molar-refractivity contribution >= 4 is 24.2 Å². The van der Waals surface area contributed by atoms with Crippen LogP contribution in [-0.2, 0) is 17.6 Å². The molecule has 0 bridgehead atoms. The summed E-state index contributed by atoms with van der Waals surface area (Å²) in [5.74, 6) is 1.04. The predicted octanol–water partition coefficient (Wildman–Crippen LogP) is 11.2. The van der Waals surface area contributed by atoms with Gasteiger partial charge in [-0.3, -0.25) is 0 Å². The van der Waals surface area contributed by atoms with E-state index < -0.39 is 23.7 Å². The Morgan fingerprint density at radius 2 is 1.25 bits per heavy atom. The van der Waals surface area contributed by atoms with Gasteiger partial charge in [0.2, 0.25) is 0 Å². The molecule has 2 aliphatic carbocycles. The van der Waals surface area contributed by atoms with E-state index in [1.807, 2.05) is 0 Å². The highest BCUT2D eigenvalue weighted by Gasteiger charge is 2.39. The van der Waals surface area contributed by atoms with Crippen molar-refractivity contribution in [2.45, 2.75) is 114 Å². The summed E-state index contributed by atoms with van der Waals surface area (Å²) in [5.41, 5.74) is 7.47. The first-order valence-electron chi connectivity index (χ1n) is 18.2. The lowest BCUT2D eigenvalue weighted by atomic mass is 9.96. The minimum atomic E-state index is -1.23. The molecule has 2 fully saturated rings. The SMILES string of the molecule is CN(C(c1ccc(-c2ccccc2)cc1)c1cccc(OCc2ccccc2)c1P(C1CCCCC1)C1CCCCC1)[S@](=O)C(C)(C)C. The summed E-state index contributed by atoms with van der Waals surface area (Å²) in [5, 5.41) is 1.44. The van der Waals surface area contributed by atoms with Gasteiger partial charge in [0.1, 0.15) is 23.3 Å². The summed E-state index contributed by atoms with van der Waals surface area (Å²) in [6, 6.07) is 36.8. The highest BCUT2D eigenvalue weighted by molar-refractivity contribution is 7.84. The van der Waals surface area contributed by atoms with Gasteiger partial charge < -0.3 is 4.74 Å². The Balaban J connectivity index is 1.52. The molecule has 0 spiro atoms. The van der Waals surface area contributed by atoms with Gasteiger partial charge in [-0.15, -0.1) is 0 Å². The molecule has 2 atom stereocenters. The zero-order valence-corrected chi connectivity index (χ0v) is 31.2. The molecule has 4 aromatic carbocycles. The van der Waals surface area contributed by atoms with E-state index in [-0.39, 0.29) is 6.04 Å². The first-order chi connectivity index (χ1) is 23.3. The number of hydrogen-bond donors (Lipinski definition) is 0. The highest BCUT2D eigenvalue weighted by atomic mass is 32.2. The van der Waals surface area contributed by atoms with Gasteiger partial charge >= 0.3 is 0 Å². The second-order valence-electron chi connectivity index (χ2n) is 14.8. The number of benzene rings is 4. The fourth-order valence-corrected chi connectivity index (χ4v) is 13.2. The average Bonchev–Trinajstić information content (AvgIpc) is 3.13. The zero-order chi connectivity index (χ0) is 33.5. The van der Waals surface area contributed by atoms with Crippen molar-refractivity contribution in [1.29, 1.82) is 0 Å². The molecule has 0 aliphatic heterocycles. The maximum absolute atomic E-state index is 14.3. The van der Waals surface area contributed by atoms with Gasteiger partial charge in [0.15, 0.2) is 0 Å². The van der Waals surface area contributed by atoms with E-state index in [4.69, 9.17) is 4.74 Å². The first kappa shape index (κ1) is 35.1. The van der Waals surface area contributed by atoms with Crippen LogP contribution < -0.4 is 10.0 Å². The lowest BCUT2D eigenvalue weighted by Gasteiger charge is -2.42. The van der Waals surface area contributed by atoms with Crippen molar-refractivity contribution in [2.24, 2.45) is 0 Å². The van der Waals surface area contributed by atoms with Crippen LogP contribution in [-0.4, -0.2) is 31.6 Å². The molecular weight excluding hydrogens is 626 g/mol. The maximum atomic E-state index is 14.3. The Kier molecular flexibility index (Phi) is 11.9. The van der Waals surface area contributed by atoms with Crippen LogP contribution in [0, 0.1) is 0 Å². The standard InChI is InChI=1S/C43H54NO2PS/c1-43(2,3)48(45)44(4)41(36-30-28-35(29-31-36)34-20-11-6-12-21-34)39-26-17-27-40(46-32-33-18-9-5-10-19-33)42(39)47(37-22-13-7-14-23-37)38-24-15-8-16-25-38/h5-6,9-12,17-21,26-31,37-38,41H,7-8,13-16,22-25,32H2,1-4H3/t41?,48-/m1/s1. The molecule has 0 radical (unpaired) electrons. The normalized spacial score (nSPS) is 17.8. The molecule has 0 amide bonds. The second-order valence-corrected chi connectivity index (χ2v) is 19.8. The lowest BCUT2D eigenvalue weighted by molar-refractivity contribution is 0.308. The van der Waals surface area contributed by atoms with Crippen LogP contribution in [0.25, 0.3) is 11.1 Å². The lowest BCUT2D eigenvalue weighted by Crippen LogP contribution is -2.40. The van der Waals surface area contributed by atoms with E-state index in [2.05, 4.69) is 135 Å². The highest BCUT2D eigenvalue weighted by Crippen LogP contribution is 2.58. The molecule has 0 aromatic heterocycles. The largest absolute Gasteiger partial charge is 0.488 e. The summed E-state index contributed by atoms with van der Waals surface area (Å²) in [6.07, 6.45) is 13.3. The van der Waals surface area contributed by atoms with Gasteiger partial charge in [-0.05, 0) is 91.7 Å². The Morgan fingerprint density at radius 3 is 1.81 bits per heavy atom. The van der Waals surface area contributed by atoms with E-state index in [9.17, 15) is 4.21 Å². The van der Waals surface area contributed by atoms with Crippen molar-refractivity contribution in [3.8, 4) is 16.9 Å². The van der Waals surface area contributed by atoms with Crippen molar-refractivity contribution < 1.29 is 8.95 Å². The molecule has 4 aromatic rings. The van der Waals surface area contributed by atoms with Gasteiger partial charge in [0, 0.05) is 12.4 Å². The Morgan fingerprint density at radius 1 is 0.708 bits per heavy atom. The van der Waals surface area contributed by atoms with Crippen LogP contribution in [0.2, 0.25) is 0 Å². The summed E-state index contributed by atoms with van der Waals surface area (Å²) in [6.45, 7) is 6.82. The van der Waals surface area contributed by atoms with E-state index in [0.717, 1.165) is 5.75 Å².